The molecular formula is C14H22N2O3S. The Labute approximate surface area is 121 Å². The standard InChI is InChI=1S/C14H22N2O3S/c1-15(2)20(17,18)16-10-8-13(9-11-16)12-4-6-14(19-3)7-5-12/h4-7,13H,8-11H2,1-3H3. The highest BCUT2D eigenvalue weighted by Crippen LogP contribution is 2.30. The molecule has 112 valence electrons. The molecule has 0 saturated carbocycles. The fourth-order valence-electron chi connectivity index (χ4n) is 2.53. The van der Waals surface area contributed by atoms with E-state index in [4.69, 9.17) is 4.74 Å². The number of methoxy groups -OCH3 is 1. The minimum Gasteiger partial charge on any atom is -0.497 e. The zero-order valence-corrected chi connectivity index (χ0v) is 13.1. The molecule has 20 heavy (non-hydrogen) atoms. The monoisotopic (exact) mass is 298 g/mol. The van der Waals surface area contributed by atoms with Crippen LogP contribution in [0, 0.1) is 0 Å². The van der Waals surface area contributed by atoms with E-state index in [1.165, 1.54) is 9.87 Å². The zero-order chi connectivity index (χ0) is 14.8. The summed E-state index contributed by atoms with van der Waals surface area (Å²) in [7, 11) is 1.53. The lowest BCUT2D eigenvalue weighted by molar-refractivity contribution is 0.302. The maximum Gasteiger partial charge on any atom is 0.281 e. The van der Waals surface area contributed by atoms with Crippen molar-refractivity contribution >= 4 is 10.2 Å². The molecule has 0 unspecified atom stereocenters. The molecule has 0 aliphatic carbocycles. The molecule has 6 heteroatoms. The third kappa shape index (κ3) is 3.13. The van der Waals surface area contributed by atoms with Crippen LogP contribution in [0.15, 0.2) is 24.3 Å². The largest absolute Gasteiger partial charge is 0.497 e. The molecule has 0 atom stereocenters. The van der Waals surface area contributed by atoms with Crippen LogP contribution in [0.3, 0.4) is 0 Å². The highest BCUT2D eigenvalue weighted by Gasteiger charge is 2.29. The lowest BCUT2D eigenvalue weighted by atomic mass is 9.90. The Bertz CT molecular complexity index is 532. The van der Waals surface area contributed by atoms with E-state index in [-0.39, 0.29) is 0 Å². The minimum absolute atomic E-state index is 0.425. The van der Waals surface area contributed by atoms with Crippen molar-refractivity contribution in [1.82, 2.24) is 8.61 Å². The molecule has 2 rings (SSSR count). The molecule has 1 aliphatic heterocycles. The molecule has 0 spiro atoms. The average molecular weight is 298 g/mol. The van der Waals surface area contributed by atoms with Crippen LogP contribution in [-0.4, -0.2) is 51.3 Å². The van der Waals surface area contributed by atoms with Crippen molar-refractivity contribution in [3.05, 3.63) is 29.8 Å². The summed E-state index contributed by atoms with van der Waals surface area (Å²) in [5.41, 5.74) is 1.26. The summed E-state index contributed by atoms with van der Waals surface area (Å²) >= 11 is 0. The summed E-state index contributed by atoms with van der Waals surface area (Å²) in [6.45, 7) is 1.16. The van der Waals surface area contributed by atoms with Crippen LogP contribution in [-0.2, 0) is 10.2 Å². The number of hydrogen-bond donors (Lipinski definition) is 0. The summed E-state index contributed by atoms with van der Waals surface area (Å²) in [4.78, 5) is 0. The number of hydrogen-bond acceptors (Lipinski definition) is 3. The van der Waals surface area contributed by atoms with Crippen molar-refractivity contribution in [1.29, 1.82) is 0 Å². The van der Waals surface area contributed by atoms with Gasteiger partial charge < -0.3 is 4.74 Å². The Balaban J connectivity index is 2.00. The van der Waals surface area contributed by atoms with Gasteiger partial charge in [0, 0.05) is 27.2 Å². The molecule has 0 N–H and O–H groups in total. The van der Waals surface area contributed by atoms with Crippen LogP contribution in [0.4, 0.5) is 0 Å². The Morgan fingerprint density at radius 1 is 1.15 bits per heavy atom. The molecule has 0 bridgehead atoms. The van der Waals surface area contributed by atoms with Crippen LogP contribution in [0.25, 0.3) is 0 Å². The van der Waals surface area contributed by atoms with Crippen molar-refractivity contribution in [3.63, 3.8) is 0 Å². The molecule has 0 aromatic heterocycles. The first-order valence-corrected chi connectivity index (χ1v) is 8.16. The van der Waals surface area contributed by atoms with Crippen LogP contribution in [0.2, 0.25) is 0 Å². The first-order chi connectivity index (χ1) is 9.45. The van der Waals surface area contributed by atoms with Gasteiger partial charge >= 0.3 is 0 Å². The SMILES string of the molecule is COc1ccc(C2CCN(S(=O)(=O)N(C)C)CC2)cc1. The molecule has 0 radical (unpaired) electrons. The molecule has 0 amide bonds. The van der Waals surface area contributed by atoms with Gasteiger partial charge in [-0.2, -0.15) is 17.0 Å². The van der Waals surface area contributed by atoms with E-state index in [0.29, 0.717) is 19.0 Å². The Morgan fingerprint density at radius 3 is 2.15 bits per heavy atom. The van der Waals surface area contributed by atoms with Gasteiger partial charge in [-0.1, -0.05) is 12.1 Å². The van der Waals surface area contributed by atoms with Crippen molar-refractivity contribution < 1.29 is 13.2 Å². The van der Waals surface area contributed by atoms with Crippen molar-refractivity contribution in [2.45, 2.75) is 18.8 Å². The van der Waals surface area contributed by atoms with Gasteiger partial charge in [0.15, 0.2) is 0 Å². The Kier molecular flexibility index (Phi) is 4.67. The predicted octanol–water partition coefficient (Wildman–Crippen LogP) is 1.68. The molecule has 1 aromatic carbocycles. The number of ether oxygens (including phenoxy) is 1. The predicted molar refractivity (Wildman–Crippen MR) is 79.1 cm³/mol. The minimum atomic E-state index is -3.27. The number of piperidine rings is 1. The smallest absolute Gasteiger partial charge is 0.281 e. The van der Waals surface area contributed by atoms with Crippen LogP contribution >= 0.6 is 0 Å². The first kappa shape index (κ1) is 15.3. The third-order valence-electron chi connectivity index (χ3n) is 3.83. The maximum absolute atomic E-state index is 12.0. The summed E-state index contributed by atoms with van der Waals surface area (Å²) in [6, 6.07) is 8.05. The van der Waals surface area contributed by atoms with Gasteiger partial charge in [-0.05, 0) is 36.5 Å². The summed E-state index contributed by atoms with van der Waals surface area (Å²) in [6.07, 6.45) is 1.72. The van der Waals surface area contributed by atoms with Crippen LogP contribution < -0.4 is 4.74 Å². The van der Waals surface area contributed by atoms with Gasteiger partial charge in [-0.25, -0.2) is 0 Å². The van der Waals surface area contributed by atoms with E-state index in [9.17, 15) is 8.42 Å². The quantitative estimate of drug-likeness (QED) is 0.850. The highest BCUT2D eigenvalue weighted by atomic mass is 32.2. The van der Waals surface area contributed by atoms with Gasteiger partial charge in [0.2, 0.25) is 0 Å². The van der Waals surface area contributed by atoms with Gasteiger partial charge in [0.1, 0.15) is 5.75 Å². The Morgan fingerprint density at radius 2 is 1.70 bits per heavy atom. The third-order valence-corrected chi connectivity index (χ3v) is 5.77. The van der Waals surface area contributed by atoms with Crippen molar-refractivity contribution in [2.24, 2.45) is 0 Å². The number of nitrogens with zero attached hydrogens (tertiary/aromatic N) is 2. The zero-order valence-electron chi connectivity index (χ0n) is 12.2. The van der Waals surface area contributed by atoms with Gasteiger partial charge in [0.25, 0.3) is 10.2 Å². The second-order valence-corrected chi connectivity index (χ2v) is 7.38. The maximum atomic E-state index is 12.0. The van der Waals surface area contributed by atoms with E-state index >= 15 is 0 Å². The summed E-state index contributed by atoms with van der Waals surface area (Å²) in [5.74, 6) is 1.27. The summed E-state index contributed by atoms with van der Waals surface area (Å²) < 4.78 is 32.1. The van der Waals surface area contributed by atoms with Gasteiger partial charge in [0.05, 0.1) is 7.11 Å². The fraction of sp³-hybridized carbons (Fsp3) is 0.571. The second-order valence-electron chi connectivity index (χ2n) is 5.24. The highest BCUT2D eigenvalue weighted by molar-refractivity contribution is 7.86. The molecule has 1 saturated heterocycles. The fourth-order valence-corrected chi connectivity index (χ4v) is 3.66. The normalized spacial score (nSPS) is 18.4. The molecule has 1 heterocycles. The summed E-state index contributed by atoms with van der Waals surface area (Å²) in [5, 5.41) is 0. The molecule has 1 aromatic rings. The lowest BCUT2D eigenvalue weighted by Gasteiger charge is -2.33. The van der Waals surface area contributed by atoms with Crippen LogP contribution in [0.1, 0.15) is 24.3 Å². The second kappa shape index (κ2) is 6.11. The van der Waals surface area contributed by atoms with Gasteiger partial charge in [-0.15, -0.1) is 0 Å². The van der Waals surface area contributed by atoms with E-state index in [0.717, 1.165) is 18.6 Å². The topological polar surface area (TPSA) is 49.9 Å². The molecule has 1 aliphatic rings. The molecule has 1 fully saturated rings. The number of rotatable bonds is 4. The van der Waals surface area contributed by atoms with E-state index in [2.05, 4.69) is 12.1 Å². The van der Waals surface area contributed by atoms with Crippen molar-refractivity contribution in [3.8, 4) is 5.75 Å². The van der Waals surface area contributed by atoms with E-state index < -0.39 is 10.2 Å². The molecular weight excluding hydrogens is 276 g/mol. The Hall–Kier alpha value is -1.11. The van der Waals surface area contributed by atoms with E-state index in [1.807, 2.05) is 12.1 Å². The van der Waals surface area contributed by atoms with E-state index in [1.54, 1.807) is 25.5 Å². The average Bonchev–Trinajstić information content (AvgIpc) is 2.47. The van der Waals surface area contributed by atoms with Crippen molar-refractivity contribution in [2.75, 3.05) is 34.3 Å². The first-order valence-electron chi connectivity index (χ1n) is 6.76. The lowest BCUT2D eigenvalue weighted by Crippen LogP contribution is -2.44. The number of benzene rings is 1. The molecule has 5 nitrogen and oxygen atoms in total. The van der Waals surface area contributed by atoms with Crippen LogP contribution in [0.5, 0.6) is 5.75 Å². The van der Waals surface area contributed by atoms with Gasteiger partial charge in [-0.3, -0.25) is 0 Å².